The third-order valence-electron chi connectivity index (χ3n) is 1.65. The van der Waals surface area contributed by atoms with Crippen LogP contribution in [-0.4, -0.2) is 20.6 Å². The molecule has 0 aliphatic heterocycles. The molecule has 1 unspecified atom stereocenters. The van der Waals surface area contributed by atoms with Gasteiger partial charge in [-0.2, -0.15) is 0 Å². The van der Waals surface area contributed by atoms with Gasteiger partial charge in [-0.15, -0.1) is 11.3 Å². The second-order valence-electron chi connectivity index (χ2n) is 2.88. The first-order valence-electron chi connectivity index (χ1n) is 3.85. The van der Waals surface area contributed by atoms with E-state index in [9.17, 15) is 0 Å². The molecule has 2 rings (SSSR count). The van der Waals surface area contributed by atoms with E-state index in [1.165, 1.54) is 0 Å². The van der Waals surface area contributed by atoms with Gasteiger partial charge in [0.25, 0.3) is 0 Å². The van der Waals surface area contributed by atoms with Crippen LogP contribution >= 0.6 is 11.3 Å². The van der Waals surface area contributed by atoms with Crippen molar-refractivity contribution in [2.24, 2.45) is 0 Å². The van der Waals surface area contributed by atoms with Crippen LogP contribution in [0.4, 0.5) is 0 Å². The van der Waals surface area contributed by atoms with Crippen LogP contribution in [0.25, 0.3) is 4.96 Å². The average molecular weight is 182 g/mol. The van der Waals surface area contributed by atoms with Gasteiger partial charge in [-0.25, -0.2) is 4.98 Å². The quantitative estimate of drug-likeness (QED) is 0.760. The molecule has 0 aromatic carbocycles. The van der Waals surface area contributed by atoms with Crippen LogP contribution in [0.5, 0.6) is 0 Å². The van der Waals surface area contributed by atoms with Gasteiger partial charge in [-0.3, -0.25) is 4.40 Å². The number of aliphatic hydroxyl groups excluding tert-OH is 1. The van der Waals surface area contributed by atoms with E-state index < -0.39 is 0 Å². The Hall–Kier alpha value is -0.870. The fraction of sp³-hybridized carbons (Fsp3) is 0.375. The van der Waals surface area contributed by atoms with Crippen molar-refractivity contribution in [3.63, 3.8) is 0 Å². The second-order valence-corrected chi connectivity index (χ2v) is 3.75. The lowest BCUT2D eigenvalue weighted by molar-refractivity contribution is 0.194. The number of hydrogen-bond acceptors (Lipinski definition) is 3. The Morgan fingerprint density at radius 3 is 3.25 bits per heavy atom. The summed E-state index contributed by atoms with van der Waals surface area (Å²) in [5.41, 5.74) is 0.955. The van der Waals surface area contributed by atoms with Crippen LogP contribution in [0.3, 0.4) is 0 Å². The normalized spacial score (nSPS) is 13.8. The smallest absolute Gasteiger partial charge is 0.193 e. The van der Waals surface area contributed by atoms with E-state index in [4.69, 9.17) is 5.11 Å². The van der Waals surface area contributed by atoms with Crippen molar-refractivity contribution >= 4 is 16.3 Å². The summed E-state index contributed by atoms with van der Waals surface area (Å²) in [4.78, 5) is 5.33. The molecule has 4 heteroatoms. The number of thiazole rings is 1. The van der Waals surface area contributed by atoms with E-state index in [-0.39, 0.29) is 6.10 Å². The standard InChI is InChI=1S/C8H10N2OS/c1-6(11)4-7-5-10-2-3-12-8(10)9-7/h2-3,5-6,11H,4H2,1H3. The monoisotopic (exact) mass is 182 g/mol. The van der Waals surface area contributed by atoms with Crippen molar-refractivity contribution in [2.45, 2.75) is 19.4 Å². The molecule has 2 heterocycles. The summed E-state index contributed by atoms with van der Waals surface area (Å²) in [6, 6.07) is 0. The first kappa shape index (κ1) is 7.76. The third-order valence-corrected chi connectivity index (χ3v) is 2.42. The number of aromatic nitrogens is 2. The first-order valence-corrected chi connectivity index (χ1v) is 4.73. The third kappa shape index (κ3) is 1.35. The van der Waals surface area contributed by atoms with Crippen LogP contribution in [-0.2, 0) is 6.42 Å². The lowest BCUT2D eigenvalue weighted by Gasteiger charge is -1.97. The number of rotatable bonds is 2. The number of fused-ring (bicyclic) bond motifs is 1. The highest BCUT2D eigenvalue weighted by molar-refractivity contribution is 7.15. The lowest BCUT2D eigenvalue weighted by atomic mass is 10.2. The fourth-order valence-corrected chi connectivity index (χ4v) is 1.90. The zero-order valence-corrected chi connectivity index (χ0v) is 7.58. The van der Waals surface area contributed by atoms with Gasteiger partial charge in [0.1, 0.15) is 0 Å². The highest BCUT2D eigenvalue weighted by Crippen LogP contribution is 2.12. The van der Waals surface area contributed by atoms with E-state index in [0.717, 1.165) is 10.7 Å². The maximum atomic E-state index is 9.12. The van der Waals surface area contributed by atoms with Crippen molar-refractivity contribution in [1.29, 1.82) is 0 Å². The number of nitrogens with zero attached hydrogens (tertiary/aromatic N) is 2. The van der Waals surface area contributed by atoms with Crippen LogP contribution in [0.2, 0.25) is 0 Å². The van der Waals surface area contributed by atoms with Gasteiger partial charge in [0.05, 0.1) is 11.8 Å². The summed E-state index contributed by atoms with van der Waals surface area (Å²) < 4.78 is 1.97. The zero-order chi connectivity index (χ0) is 8.55. The average Bonchev–Trinajstić information content (AvgIpc) is 2.43. The number of imidazole rings is 1. The van der Waals surface area contributed by atoms with Crippen LogP contribution in [0.15, 0.2) is 17.8 Å². The predicted molar refractivity (Wildman–Crippen MR) is 48.5 cm³/mol. The molecule has 1 atom stereocenters. The highest BCUT2D eigenvalue weighted by atomic mass is 32.1. The molecule has 2 aromatic rings. The Labute approximate surface area is 74.3 Å². The predicted octanol–water partition coefficient (Wildman–Crippen LogP) is 1.32. The Bertz CT molecular complexity index is 348. The molecule has 3 nitrogen and oxygen atoms in total. The van der Waals surface area contributed by atoms with Gasteiger partial charge in [0, 0.05) is 24.2 Å². The minimum absolute atomic E-state index is 0.311. The topological polar surface area (TPSA) is 37.5 Å². The van der Waals surface area contributed by atoms with Crippen molar-refractivity contribution in [3.05, 3.63) is 23.5 Å². The molecule has 0 aliphatic carbocycles. The molecular weight excluding hydrogens is 172 g/mol. The van der Waals surface area contributed by atoms with Crippen molar-refractivity contribution < 1.29 is 5.11 Å². The Kier molecular flexibility index (Phi) is 1.86. The summed E-state index contributed by atoms with van der Waals surface area (Å²) in [6.45, 7) is 1.77. The van der Waals surface area contributed by atoms with Gasteiger partial charge in [0.15, 0.2) is 4.96 Å². The van der Waals surface area contributed by atoms with Crippen LogP contribution in [0, 0.1) is 0 Å². The van der Waals surface area contributed by atoms with Gasteiger partial charge in [-0.05, 0) is 6.92 Å². The molecule has 0 aliphatic rings. The molecule has 64 valence electrons. The molecule has 0 spiro atoms. The van der Waals surface area contributed by atoms with Crippen molar-refractivity contribution in [3.8, 4) is 0 Å². The Morgan fingerprint density at radius 2 is 2.58 bits per heavy atom. The Morgan fingerprint density at radius 1 is 1.75 bits per heavy atom. The van der Waals surface area contributed by atoms with Gasteiger partial charge >= 0.3 is 0 Å². The fourth-order valence-electron chi connectivity index (χ4n) is 1.18. The number of aliphatic hydroxyl groups is 1. The molecule has 0 amide bonds. The molecule has 0 saturated carbocycles. The Balaban J connectivity index is 2.32. The molecule has 0 bridgehead atoms. The summed E-state index contributed by atoms with van der Waals surface area (Å²) in [6.07, 6.45) is 4.25. The minimum atomic E-state index is -0.311. The molecule has 1 N–H and O–H groups in total. The van der Waals surface area contributed by atoms with Gasteiger partial charge < -0.3 is 5.11 Å². The molecule has 0 radical (unpaired) electrons. The second kappa shape index (κ2) is 2.88. The van der Waals surface area contributed by atoms with E-state index in [1.807, 2.05) is 22.2 Å². The van der Waals surface area contributed by atoms with Gasteiger partial charge in [0.2, 0.25) is 0 Å². The first-order chi connectivity index (χ1) is 5.75. The van der Waals surface area contributed by atoms with Crippen molar-refractivity contribution in [2.75, 3.05) is 0 Å². The molecular formula is C8H10N2OS. The van der Waals surface area contributed by atoms with Crippen LogP contribution in [0.1, 0.15) is 12.6 Å². The largest absolute Gasteiger partial charge is 0.393 e. The van der Waals surface area contributed by atoms with Crippen molar-refractivity contribution in [1.82, 2.24) is 9.38 Å². The summed E-state index contributed by atoms with van der Waals surface area (Å²) in [5.74, 6) is 0. The summed E-state index contributed by atoms with van der Waals surface area (Å²) >= 11 is 1.61. The zero-order valence-electron chi connectivity index (χ0n) is 6.77. The maximum Gasteiger partial charge on any atom is 0.193 e. The van der Waals surface area contributed by atoms with E-state index in [2.05, 4.69) is 4.98 Å². The highest BCUT2D eigenvalue weighted by Gasteiger charge is 2.04. The van der Waals surface area contributed by atoms with E-state index >= 15 is 0 Å². The van der Waals surface area contributed by atoms with E-state index in [1.54, 1.807) is 18.3 Å². The van der Waals surface area contributed by atoms with E-state index in [0.29, 0.717) is 6.42 Å². The lowest BCUT2D eigenvalue weighted by Crippen LogP contribution is -2.03. The SMILES string of the molecule is CC(O)Cc1cn2ccsc2n1. The molecule has 0 fully saturated rings. The van der Waals surface area contributed by atoms with Crippen LogP contribution < -0.4 is 0 Å². The summed E-state index contributed by atoms with van der Waals surface area (Å²) in [5, 5.41) is 11.1. The maximum absolute atomic E-state index is 9.12. The molecule has 12 heavy (non-hydrogen) atoms. The summed E-state index contributed by atoms with van der Waals surface area (Å²) in [7, 11) is 0. The molecule has 2 aromatic heterocycles. The van der Waals surface area contributed by atoms with Gasteiger partial charge in [-0.1, -0.05) is 0 Å². The molecule has 0 saturated heterocycles. The number of hydrogen-bond donors (Lipinski definition) is 1. The minimum Gasteiger partial charge on any atom is -0.393 e.